The van der Waals surface area contributed by atoms with Crippen LogP contribution < -0.4 is 0 Å². The van der Waals surface area contributed by atoms with Gasteiger partial charge in [-0.05, 0) is 35.6 Å². The topological polar surface area (TPSA) is 0 Å². The van der Waals surface area contributed by atoms with Crippen LogP contribution in [0.2, 0.25) is 0 Å². The Labute approximate surface area is 119 Å². The molecule has 0 aliphatic heterocycles. The molecule has 0 saturated carbocycles. The van der Waals surface area contributed by atoms with Crippen LogP contribution in [0.15, 0.2) is 42.5 Å². The van der Waals surface area contributed by atoms with Crippen LogP contribution in [-0.4, -0.2) is 5.92 Å². The Morgan fingerprint density at radius 1 is 0.900 bits per heavy atom. The van der Waals surface area contributed by atoms with E-state index in [1.165, 1.54) is 16.3 Å². The highest BCUT2D eigenvalue weighted by Gasteiger charge is 2.24. The van der Waals surface area contributed by atoms with Gasteiger partial charge in [-0.3, -0.25) is 0 Å². The molecule has 2 aromatic carbocycles. The summed E-state index contributed by atoms with van der Waals surface area (Å²) >= 11 is 0. The molecular formula is C18H22F2. The predicted molar refractivity (Wildman–Crippen MR) is 81.4 cm³/mol. The Morgan fingerprint density at radius 2 is 1.65 bits per heavy atom. The van der Waals surface area contributed by atoms with Crippen molar-refractivity contribution in [1.82, 2.24) is 0 Å². The third-order valence-corrected chi connectivity index (χ3v) is 3.84. The standard InChI is InChI=1S/C18H22F2/c1-2-18(19,20)13-7-3-4-8-15-11-12-16-9-5-6-10-17(16)14-15/h5-6,9-12,14H,2-4,7-8,13H2,1H3. The first kappa shape index (κ1) is 15.0. The van der Waals surface area contributed by atoms with Crippen molar-refractivity contribution in [3.05, 3.63) is 48.0 Å². The van der Waals surface area contributed by atoms with Crippen LogP contribution in [0.25, 0.3) is 10.8 Å². The molecule has 108 valence electrons. The first-order valence-corrected chi connectivity index (χ1v) is 7.46. The second kappa shape index (κ2) is 6.83. The Bertz CT molecular complexity index is 546. The van der Waals surface area contributed by atoms with E-state index in [4.69, 9.17) is 0 Å². The van der Waals surface area contributed by atoms with Gasteiger partial charge in [0.25, 0.3) is 0 Å². The minimum absolute atomic E-state index is 0.0290. The average Bonchev–Trinajstić information content (AvgIpc) is 2.46. The zero-order chi connectivity index (χ0) is 14.4. The van der Waals surface area contributed by atoms with Gasteiger partial charge < -0.3 is 0 Å². The number of rotatable bonds is 7. The number of hydrogen-bond donors (Lipinski definition) is 0. The zero-order valence-electron chi connectivity index (χ0n) is 12.0. The Balaban J connectivity index is 1.78. The number of aryl methyl sites for hydroxylation is 1. The van der Waals surface area contributed by atoms with E-state index in [0.29, 0.717) is 6.42 Å². The molecule has 2 aromatic rings. The van der Waals surface area contributed by atoms with E-state index in [9.17, 15) is 8.78 Å². The van der Waals surface area contributed by atoms with Crippen molar-refractivity contribution in [2.24, 2.45) is 0 Å². The van der Waals surface area contributed by atoms with Crippen molar-refractivity contribution in [2.45, 2.75) is 51.4 Å². The maximum atomic E-state index is 13.1. The first-order chi connectivity index (χ1) is 9.61. The lowest BCUT2D eigenvalue weighted by Gasteiger charge is -2.13. The summed E-state index contributed by atoms with van der Waals surface area (Å²) in [7, 11) is 0. The average molecular weight is 276 g/mol. The summed E-state index contributed by atoms with van der Waals surface area (Å²) in [6, 6.07) is 14.8. The normalized spacial score (nSPS) is 11.9. The van der Waals surface area contributed by atoms with Gasteiger partial charge in [-0.2, -0.15) is 0 Å². The van der Waals surface area contributed by atoms with Crippen molar-refractivity contribution >= 4 is 10.8 Å². The SMILES string of the molecule is CCC(F)(F)CCCCCc1ccc2ccccc2c1. The third kappa shape index (κ3) is 4.29. The van der Waals surface area contributed by atoms with Crippen LogP contribution in [0.5, 0.6) is 0 Å². The molecule has 0 aromatic heterocycles. The maximum absolute atomic E-state index is 13.1. The lowest BCUT2D eigenvalue weighted by atomic mass is 10.0. The largest absolute Gasteiger partial charge is 0.247 e. The summed E-state index contributed by atoms with van der Waals surface area (Å²) in [6.45, 7) is 1.55. The molecule has 0 fully saturated rings. The number of unbranched alkanes of at least 4 members (excludes halogenated alkanes) is 2. The molecule has 0 saturated heterocycles. The molecule has 2 heteroatoms. The number of alkyl halides is 2. The molecule has 0 nitrogen and oxygen atoms in total. The molecule has 0 atom stereocenters. The van der Waals surface area contributed by atoms with E-state index in [-0.39, 0.29) is 12.8 Å². The molecule has 2 rings (SSSR count). The molecule has 20 heavy (non-hydrogen) atoms. The highest BCUT2D eigenvalue weighted by Crippen LogP contribution is 2.25. The smallest absolute Gasteiger partial charge is 0.207 e. The lowest BCUT2D eigenvalue weighted by Crippen LogP contribution is -2.13. The molecule has 0 bridgehead atoms. The highest BCUT2D eigenvalue weighted by atomic mass is 19.3. The van der Waals surface area contributed by atoms with E-state index in [1.54, 1.807) is 6.92 Å². The number of hydrogen-bond acceptors (Lipinski definition) is 0. The second-order valence-electron chi connectivity index (χ2n) is 5.45. The fraction of sp³-hybridized carbons (Fsp3) is 0.444. The van der Waals surface area contributed by atoms with Crippen LogP contribution in [0.1, 0.15) is 44.6 Å². The fourth-order valence-electron chi connectivity index (χ4n) is 2.46. The van der Waals surface area contributed by atoms with Gasteiger partial charge >= 0.3 is 0 Å². The summed E-state index contributed by atoms with van der Waals surface area (Å²) in [4.78, 5) is 0. The van der Waals surface area contributed by atoms with E-state index in [1.807, 2.05) is 12.1 Å². The summed E-state index contributed by atoms with van der Waals surface area (Å²) in [6.07, 6.45) is 3.44. The van der Waals surface area contributed by atoms with Gasteiger partial charge in [0.15, 0.2) is 0 Å². The number of fused-ring (bicyclic) bond motifs is 1. The van der Waals surface area contributed by atoms with Gasteiger partial charge in [0.2, 0.25) is 5.92 Å². The lowest BCUT2D eigenvalue weighted by molar-refractivity contribution is -0.0136. The van der Waals surface area contributed by atoms with Crippen molar-refractivity contribution in [3.63, 3.8) is 0 Å². The van der Waals surface area contributed by atoms with Crippen molar-refractivity contribution in [3.8, 4) is 0 Å². The number of benzene rings is 2. The maximum Gasteiger partial charge on any atom is 0.247 e. The van der Waals surface area contributed by atoms with E-state index >= 15 is 0 Å². The summed E-state index contributed by atoms with van der Waals surface area (Å²) in [5.41, 5.74) is 1.30. The van der Waals surface area contributed by atoms with Crippen LogP contribution in [0, 0.1) is 0 Å². The highest BCUT2D eigenvalue weighted by molar-refractivity contribution is 5.82. The summed E-state index contributed by atoms with van der Waals surface area (Å²) < 4.78 is 26.2. The first-order valence-electron chi connectivity index (χ1n) is 7.46. The zero-order valence-corrected chi connectivity index (χ0v) is 12.0. The van der Waals surface area contributed by atoms with Crippen molar-refractivity contribution in [1.29, 1.82) is 0 Å². The molecule has 0 N–H and O–H groups in total. The molecule has 0 unspecified atom stereocenters. The Kier molecular flexibility index (Phi) is 5.11. The molecule has 0 aliphatic rings. The van der Waals surface area contributed by atoms with Crippen LogP contribution >= 0.6 is 0 Å². The van der Waals surface area contributed by atoms with Crippen molar-refractivity contribution < 1.29 is 8.78 Å². The van der Waals surface area contributed by atoms with Crippen LogP contribution in [0.3, 0.4) is 0 Å². The molecule has 0 aliphatic carbocycles. The second-order valence-corrected chi connectivity index (χ2v) is 5.45. The van der Waals surface area contributed by atoms with E-state index in [2.05, 4.69) is 30.3 Å². The van der Waals surface area contributed by atoms with E-state index in [0.717, 1.165) is 19.3 Å². The molecule has 0 radical (unpaired) electrons. The fourth-order valence-corrected chi connectivity index (χ4v) is 2.46. The Morgan fingerprint density at radius 3 is 2.40 bits per heavy atom. The summed E-state index contributed by atoms with van der Waals surface area (Å²) in [5.74, 6) is -2.47. The van der Waals surface area contributed by atoms with Gasteiger partial charge in [0, 0.05) is 12.8 Å². The van der Waals surface area contributed by atoms with Gasteiger partial charge in [0.05, 0.1) is 0 Å². The van der Waals surface area contributed by atoms with Crippen LogP contribution in [0.4, 0.5) is 8.78 Å². The van der Waals surface area contributed by atoms with Gasteiger partial charge in [0.1, 0.15) is 0 Å². The van der Waals surface area contributed by atoms with Crippen molar-refractivity contribution in [2.75, 3.05) is 0 Å². The number of halogens is 2. The van der Waals surface area contributed by atoms with Crippen LogP contribution in [-0.2, 0) is 6.42 Å². The van der Waals surface area contributed by atoms with Gasteiger partial charge in [-0.25, -0.2) is 8.78 Å². The van der Waals surface area contributed by atoms with Gasteiger partial charge in [-0.1, -0.05) is 55.8 Å². The predicted octanol–water partition coefficient (Wildman–Crippen LogP) is 5.99. The molecular weight excluding hydrogens is 254 g/mol. The monoisotopic (exact) mass is 276 g/mol. The van der Waals surface area contributed by atoms with E-state index < -0.39 is 5.92 Å². The molecule has 0 amide bonds. The third-order valence-electron chi connectivity index (χ3n) is 3.84. The quantitative estimate of drug-likeness (QED) is 0.545. The Hall–Kier alpha value is -1.44. The minimum Gasteiger partial charge on any atom is -0.207 e. The molecule has 0 spiro atoms. The summed E-state index contributed by atoms with van der Waals surface area (Å²) in [5, 5.41) is 2.50. The minimum atomic E-state index is -2.47. The molecule has 0 heterocycles. The van der Waals surface area contributed by atoms with Gasteiger partial charge in [-0.15, -0.1) is 0 Å².